The maximum Gasteiger partial charge on any atom is 0.252 e. The van der Waals surface area contributed by atoms with Gasteiger partial charge in [-0.15, -0.1) is 0 Å². The Morgan fingerprint density at radius 1 is 1.37 bits per heavy atom. The smallest absolute Gasteiger partial charge is 0.252 e. The van der Waals surface area contributed by atoms with E-state index >= 15 is 0 Å². The Kier molecular flexibility index (Phi) is 4.27. The Labute approximate surface area is 111 Å². The molecule has 1 rings (SSSR count). The minimum atomic E-state index is -3.87. The van der Waals surface area contributed by atoms with Gasteiger partial charge in [0, 0.05) is 0 Å². The number of hydrazone groups is 1. The van der Waals surface area contributed by atoms with Gasteiger partial charge < -0.3 is 0 Å². The molecule has 1 aromatic rings. The zero-order chi connectivity index (χ0) is 14.7. The van der Waals surface area contributed by atoms with Crippen molar-refractivity contribution < 1.29 is 12.8 Å². The summed E-state index contributed by atoms with van der Waals surface area (Å²) >= 11 is 0. The zero-order valence-corrected chi connectivity index (χ0v) is 11.6. The molecule has 1 aromatic carbocycles. The van der Waals surface area contributed by atoms with Gasteiger partial charge in [-0.2, -0.15) is 10.4 Å². The van der Waals surface area contributed by atoms with Gasteiger partial charge in [-0.05, 0) is 32.9 Å². The molecule has 0 atom stereocenters. The number of benzene rings is 1. The molecule has 102 valence electrons. The number of para-hydroxylation sites is 1. The van der Waals surface area contributed by atoms with E-state index in [0.717, 1.165) is 0 Å². The maximum absolute atomic E-state index is 13.3. The van der Waals surface area contributed by atoms with Gasteiger partial charge >= 0.3 is 0 Å². The molecule has 0 unspecified atom stereocenters. The lowest BCUT2D eigenvalue weighted by atomic mass is 10.3. The number of anilines is 1. The van der Waals surface area contributed by atoms with Gasteiger partial charge in [-0.3, -0.25) is 5.43 Å². The summed E-state index contributed by atoms with van der Waals surface area (Å²) < 4.78 is 36.2. The minimum Gasteiger partial charge on any atom is -0.274 e. The summed E-state index contributed by atoms with van der Waals surface area (Å²) in [6, 6.07) is 7.15. The highest BCUT2D eigenvalue weighted by Gasteiger charge is 2.34. The Balaban J connectivity index is 3.11. The first-order valence-electron chi connectivity index (χ1n) is 5.43. The van der Waals surface area contributed by atoms with Crippen LogP contribution in [0.4, 0.5) is 10.1 Å². The summed E-state index contributed by atoms with van der Waals surface area (Å²) in [5.74, 6) is -0.586. The maximum atomic E-state index is 13.3. The van der Waals surface area contributed by atoms with Gasteiger partial charge in [0.25, 0.3) is 5.04 Å². The number of hydrogen-bond donors (Lipinski definition) is 1. The van der Waals surface area contributed by atoms with Crippen LogP contribution in [-0.2, 0) is 9.84 Å². The summed E-state index contributed by atoms with van der Waals surface area (Å²) in [5.41, 5.74) is 2.25. The Morgan fingerprint density at radius 3 is 2.42 bits per heavy atom. The monoisotopic (exact) mass is 283 g/mol. The third-order valence-electron chi connectivity index (χ3n) is 2.31. The number of sulfone groups is 1. The average Bonchev–Trinajstić information content (AvgIpc) is 2.30. The van der Waals surface area contributed by atoms with E-state index < -0.39 is 25.4 Å². The van der Waals surface area contributed by atoms with E-state index in [4.69, 9.17) is 5.26 Å². The molecule has 0 amide bonds. The van der Waals surface area contributed by atoms with Crippen molar-refractivity contribution in [1.29, 1.82) is 5.26 Å². The third kappa shape index (κ3) is 3.29. The molecule has 1 N–H and O–H groups in total. The molecule has 0 heterocycles. The molecule has 7 heteroatoms. The van der Waals surface area contributed by atoms with Crippen LogP contribution in [0, 0.1) is 17.1 Å². The molecule has 0 saturated heterocycles. The number of nitriles is 1. The summed E-state index contributed by atoms with van der Waals surface area (Å²) in [6.45, 7) is 4.37. The second kappa shape index (κ2) is 5.36. The second-order valence-corrected chi connectivity index (χ2v) is 7.35. The Bertz CT molecular complexity index is 640. The molecule has 19 heavy (non-hydrogen) atoms. The van der Waals surface area contributed by atoms with Crippen LogP contribution < -0.4 is 5.43 Å². The van der Waals surface area contributed by atoms with Crippen LogP contribution in [0.5, 0.6) is 0 Å². The number of nitrogens with one attached hydrogen (secondary N) is 1. The van der Waals surface area contributed by atoms with Crippen LogP contribution in [0.25, 0.3) is 0 Å². The molecule has 0 fully saturated rings. The molecule has 0 saturated carbocycles. The molecule has 0 aromatic heterocycles. The molecular formula is C12H14FN3O2S. The summed E-state index contributed by atoms with van der Waals surface area (Å²) in [6.07, 6.45) is 0. The van der Waals surface area contributed by atoms with Crippen molar-refractivity contribution in [2.75, 3.05) is 5.43 Å². The highest BCUT2D eigenvalue weighted by atomic mass is 32.2. The number of nitrogens with zero attached hydrogens (tertiary/aromatic N) is 2. The third-order valence-corrected chi connectivity index (χ3v) is 4.61. The number of halogens is 1. The van der Waals surface area contributed by atoms with Gasteiger partial charge in [0.15, 0.2) is 0 Å². The first-order chi connectivity index (χ1) is 8.70. The van der Waals surface area contributed by atoms with Crippen molar-refractivity contribution in [1.82, 2.24) is 0 Å². The number of hydrogen-bond acceptors (Lipinski definition) is 5. The molecule has 5 nitrogen and oxygen atoms in total. The summed E-state index contributed by atoms with van der Waals surface area (Å²) in [5, 5.41) is 11.7. The van der Waals surface area contributed by atoms with Gasteiger partial charge in [0.1, 0.15) is 11.9 Å². The van der Waals surface area contributed by atoms with Crippen molar-refractivity contribution in [2.24, 2.45) is 5.10 Å². The Morgan fingerprint density at radius 2 is 1.95 bits per heavy atom. The highest BCUT2D eigenvalue weighted by molar-refractivity contribution is 8.08. The van der Waals surface area contributed by atoms with Crippen molar-refractivity contribution in [3.63, 3.8) is 0 Å². The predicted molar refractivity (Wildman–Crippen MR) is 71.7 cm³/mol. The molecule has 0 aliphatic rings. The first kappa shape index (κ1) is 15.1. The van der Waals surface area contributed by atoms with Crippen LogP contribution in [-0.4, -0.2) is 18.2 Å². The zero-order valence-electron chi connectivity index (χ0n) is 10.8. The standard InChI is InChI=1S/C12H14FN3O2S/c1-12(2,3)19(17,18)11(8-14)16-15-10-7-5-4-6-9(10)13/h4-7,15H,1-3H3. The average molecular weight is 283 g/mol. The van der Waals surface area contributed by atoms with Gasteiger partial charge in [-0.1, -0.05) is 12.1 Å². The lowest BCUT2D eigenvalue weighted by Crippen LogP contribution is -2.34. The lowest BCUT2D eigenvalue weighted by Gasteiger charge is -2.17. The van der Waals surface area contributed by atoms with E-state index in [9.17, 15) is 12.8 Å². The fourth-order valence-corrected chi connectivity index (χ4v) is 1.96. The Hall–Kier alpha value is -1.94. The van der Waals surface area contributed by atoms with E-state index in [1.807, 2.05) is 0 Å². The van der Waals surface area contributed by atoms with Crippen molar-refractivity contribution in [3.8, 4) is 6.07 Å². The second-order valence-electron chi connectivity index (χ2n) is 4.74. The van der Waals surface area contributed by atoms with E-state index in [1.165, 1.54) is 45.0 Å². The van der Waals surface area contributed by atoms with E-state index in [2.05, 4.69) is 10.5 Å². The first-order valence-corrected chi connectivity index (χ1v) is 6.91. The molecule has 0 radical (unpaired) electrons. The topological polar surface area (TPSA) is 82.3 Å². The largest absolute Gasteiger partial charge is 0.274 e. The summed E-state index contributed by atoms with van der Waals surface area (Å²) in [4.78, 5) is 0. The lowest BCUT2D eigenvalue weighted by molar-refractivity contribution is 0.573. The van der Waals surface area contributed by atoms with E-state index in [0.29, 0.717) is 0 Å². The molecular weight excluding hydrogens is 269 g/mol. The number of rotatable bonds is 2. The van der Waals surface area contributed by atoms with E-state index in [-0.39, 0.29) is 5.69 Å². The van der Waals surface area contributed by atoms with Gasteiger partial charge in [0.2, 0.25) is 9.84 Å². The highest BCUT2D eigenvalue weighted by Crippen LogP contribution is 2.18. The predicted octanol–water partition coefficient (Wildman–Crippen LogP) is 2.29. The van der Waals surface area contributed by atoms with Crippen LogP contribution in [0.3, 0.4) is 0 Å². The van der Waals surface area contributed by atoms with Crippen molar-refractivity contribution in [3.05, 3.63) is 30.1 Å². The normalized spacial score (nSPS) is 12.9. The quantitative estimate of drug-likeness (QED) is 0.513. The fraction of sp³-hybridized carbons (Fsp3) is 0.333. The molecule has 0 spiro atoms. The van der Waals surface area contributed by atoms with E-state index in [1.54, 1.807) is 6.07 Å². The molecule has 0 bridgehead atoms. The molecule has 0 aliphatic heterocycles. The van der Waals surface area contributed by atoms with Crippen LogP contribution in [0.15, 0.2) is 29.4 Å². The van der Waals surface area contributed by atoms with Gasteiger partial charge in [0.05, 0.1) is 10.4 Å². The van der Waals surface area contributed by atoms with Gasteiger partial charge in [-0.25, -0.2) is 12.8 Å². The van der Waals surface area contributed by atoms with Crippen LogP contribution >= 0.6 is 0 Å². The van der Waals surface area contributed by atoms with Crippen molar-refractivity contribution in [2.45, 2.75) is 25.5 Å². The fourth-order valence-electron chi connectivity index (χ4n) is 1.10. The SMILES string of the molecule is CC(C)(C)S(=O)(=O)C(C#N)=NNc1ccccc1F. The minimum absolute atomic E-state index is 0.000593. The van der Waals surface area contributed by atoms with Crippen molar-refractivity contribution >= 4 is 20.6 Å². The van der Waals surface area contributed by atoms with Crippen LogP contribution in [0.2, 0.25) is 0 Å². The molecule has 0 aliphatic carbocycles. The summed E-state index contributed by atoms with van der Waals surface area (Å²) in [7, 11) is -3.87. The van der Waals surface area contributed by atoms with Crippen LogP contribution in [0.1, 0.15) is 20.8 Å².